The Morgan fingerprint density at radius 1 is 1.29 bits per heavy atom. The van der Waals surface area contributed by atoms with Crippen LogP contribution in [-0.4, -0.2) is 6.10 Å². The van der Waals surface area contributed by atoms with Gasteiger partial charge < -0.3 is 4.74 Å². The highest BCUT2D eigenvalue weighted by molar-refractivity contribution is 5.26. The average molecular weight is 190 g/mol. The largest absolute Gasteiger partial charge is 0.494 e. The van der Waals surface area contributed by atoms with Gasteiger partial charge in [-0.3, -0.25) is 0 Å². The molecule has 3 aliphatic carbocycles. The van der Waals surface area contributed by atoms with Crippen molar-refractivity contribution < 1.29 is 4.74 Å². The normalized spacial score (nSPS) is 44.5. The van der Waals surface area contributed by atoms with E-state index in [1.165, 1.54) is 31.4 Å². The summed E-state index contributed by atoms with van der Waals surface area (Å²) in [6.45, 7) is 2.33. The average Bonchev–Trinajstić information content (AvgIpc) is 2.86. The lowest BCUT2D eigenvalue weighted by atomic mass is 10.1. The molecule has 0 amide bonds. The number of allylic oxidation sites excluding steroid dienone is 4. The first kappa shape index (κ1) is 8.58. The maximum absolute atomic E-state index is 6.09. The molecule has 0 heterocycles. The van der Waals surface area contributed by atoms with Crippen molar-refractivity contribution in [2.75, 3.05) is 0 Å². The molecule has 0 aromatic rings. The van der Waals surface area contributed by atoms with Crippen molar-refractivity contribution in [2.24, 2.45) is 17.8 Å². The molecule has 14 heavy (non-hydrogen) atoms. The second kappa shape index (κ2) is 3.15. The molecule has 1 heteroatoms. The number of ether oxygens (including phenoxy) is 1. The predicted octanol–water partition coefficient (Wildman–Crippen LogP) is 3.28. The second-order valence-corrected chi connectivity index (χ2v) is 5.12. The van der Waals surface area contributed by atoms with Crippen molar-refractivity contribution in [1.82, 2.24) is 0 Å². The van der Waals surface area contributed by atoms with Gasteiger partial charge in [-0.15, -0.1) is 0 Å². The molecule has 3 aliphatic rings. The van der Waals surface area contributed by atoms with E-state index in [2.05, 4.69) is 25.2 Å². The maximum atomic E-state index is 6.09. The fourth-order valence-corrected chi connectivity index (χ4v) is 2.75. The van der Waals surface area contributed by atoms with Crippen molar-refractivity contribution in [3.63, 3.8) is 0 Å². The summed E-state index contributed by atoms with van der Waals surface area (Å²) in [6.07, 6.45) is 12.4. The third-order valence-electron chi connectivity index (χ3n) is 3.77. The summed E-state index contributed by atoms with van der Waals surface area (Å²) in [7, 11) is 0. The van der Waals surface area contributed by atoms with Gasteiger partial charge in [0.1, 0.15) is 5.76 Å². The highest BCUT2D eigenvalue weighted by atomic mass is 16.5. The lowest BCUT2D eigenvalue weighted by Gasteiger charge is -2.17. The van der Waals surface area contributed by atoms with Gasteiger partial charge in [-0.05, 0) is 43.6 Å². The first-order valence-electron chi connectivity index (χ1n) is 5.88. The molecule has 3 rings (SSSR count). The molecule has 0 aliphatic heterocycles. The van der Waals surface area contributed by atoms with E-state index in [9.17, 15) is 0 Å². The van der Waals surface area contributed by atoms with Crippen LogP contribution < -0.4 is 0 Å². The first-order valence-corrected chi connectivity index (χ1v) is 5.88. The van der Waals surface area contributed by atoms with E-state index < -0.39 is 0 Å². The van der Waals surface area contributed by atoms with Gasteiger partial charge in [0.2, 0.25) is 0 Å². The summed E-state index contributed by atoms with van der Waals surface area (Å²) in [5, 5.41) is 0. The minimum atomic E-state index is 0.518. The Bertz CT molecular complexity index is 290. The second-order valence-electron chi connectivity index (χ2n) is 5.12. The van der Waals surface area contributed by atoms with Crippen LogP contribution in [0.25, 0.3) is 0 Å². The molecule has 0 spiro atoms. The molecule has 2 fully saturated rings. The molecular formula is C13H18O. The minimum Gasteiger partial charge on any atom is -0.494 e. The number of hydrogen-bond donors (Lipinski definition) is 0. The van der Waals surface area contributed by atoms with Gasteiger partial charge in [0.15, 0.2) is 0 Å². The molecule has 4 atom stereocenters. The molecule has 4 unspecified atom stereocenters. The van der Waals surface area contributed by atoms with E-state index in [1.807, 2.05) is 0 Å². The summed E-state index contributed by atoms with van der Waals surface area (Å²) in [6, 6.07) is 0. The summed E-state index contributed by atoms with van der Waals surface area (Å²) < 4.78 is 6.09. The third kappa shape index (κ3) is 1.49. The summed E-state index contributed by atoms with van der Waals surface area (Å²) in [4.78, 5) is 0. The monoisotopic (exact) mass is 190 g/mol. The van der Waals surface area contributed by atoms with Gasteiger partial charge >= 0.3 is 0 Å². The highest BCUT2D eigenvalue weighted by Crippen LogP contribution is 2.48. The Labute approximate surface area is 85.8 Å². The Hall–Kier alpha value is -0.720. The molecule has 0 bridgehead atoms. The lowest BCUT2D eigenvalue weighted by molar-refractivity contribution is 0.106. The van der Waals surface area contributed by atoms with Crippen LogP contribution in [0.4, 0.5) is 0 Å². The quantitative estimate of drug-likeness (QED) is 0.649. The number of hydrogen-bond acceptors (Lipinski definition) is 1. The Morgan fingerprint density at radius 2 is 2.21 bits per heavy atom. The Morgan fingerprint density at radius 3 is 3.00 bits per heavy atom. The Balaban J connectivity index is 1.62. The van der Waals surface area contributed by atoms with Crippen LogP contribution >= 0.6 is 0 Å². The smallest absolute Gasteiger partial charge is 0.100 e. The molecule has 0 N–H and O–H groups in total. The zero-order valence-electron chi connectivity index (χ0n) is 8.78. The van der Waals surface area contributed by atoms with Crippen LogP contribution in [0.2, 0.25) is 0 Å². The van der Waals surface area contributed by atoms with Crippen LogP contribution in [0, 0.1) is 17.8 Å². The van der Waals surface area contributed by atoms with Crippen LogP contribution in [0.1, 0.15) is 32.6 Å². The predicted molar refractivity (Wildman–Crippen MR) is 56.7 cm³/mol. The van der Waals surface area contributed by atoms with Crippen LogP contribution in [-0.2, 0) is 4.74 Å². The van der Waals surface area contributed by atoms with Crippen molar-refractivity contribution in [2.45, 2.75) is 38.7 Å². The van der Waals surface area contributed by atoms with Gasteiger partial charge in [-0.25, -0.2) is 0 Å². The van der Waals surface area contributed by atoms with Crippen LogP contribution in [0.5, 0.6) is 0 Å². The molecule has 0 aromatic carbocycles. The zero-order chi connectivity index (χ0) is 9.54. The lowest BCUT2D eigenvalue weighted by Crippen LogP contribution is -2.10. The maximum Gasteiger partial charge on any atom is 0.100 e. The summed E-state index contributed by atoms with van der Waals surface area (Å²) in [5.41, 5.74) is 0. The fraction of sp³-hybridized carbons (Fsp3) is 0.692. The van der Waals surface area contributed by atoms with Gasteiger partial charge in [-0.2, -0.15) is 0 Å². The van der Waals surface area contributed by atoms with Crippen molar-refractivity contribution in [3.8, 4) is 0 Å². The van der Waals surface area contributed by atoms with E-state index >= 15 is 0 Å². The zero-order valence-corrected chi connectivity index (χ0v) is 8.78. The van der Waals surface area contributed by atoms with E-state index in [4.69, 9.17) is 4.74 Å². The van der Waals surface area contributed by atoms with Gasteiger partial charge in [-0.1, -0.05) is 19.1 Å². The first-order chi connectivity index (χ1) is 6.83. The van der Waals surface area contributed by atoms with Gasteiger partial charge in [0, 0.05) is 5.92 Å². The molecule has 0 radical (unpaired) electrons. The van der Waals surface area contributed by atoms with Crippen molar-refractivity contribution in [3.05, 3.63) is 24.0 Å². The summed E-state index contributed by atoms with van der Waals surface area (Å²) in [5.74, 6) is 3.70. The van der Waals surface area contributed by atoms with E-state index in [1.54, 1.807) is 0 Å². The molecule has 1 nitrogen and oxygen atoms in total. The number of fused-ring (bicyclic) bond motifs is 1. The van der Waals surface area contributed by atoms with Crippen molar-refractivity contribution in [1.29, 1.82) is 0 Å². The fourth-order valence-electron chi connectivity index (χ4n) is 2.75. The van der Waals surface area contributed by atoms with Gasteiger partial charge in [0.05, 0.1) is 6.10 Å². The van der Waals surface area contributed by atoms with E-state index in [0.29, 0.717) is 6.10 Å². The SMILES string of the molecule is CC1CCC(OC2=CC=CC3CC23)C1. The standard InChI is InChI=1S/C13H18O/c1-9-5-6-11(7-9)14-13-4-2-3-10-8-12(10)13/h2-4,9-12H,5-8H2,1H3. The molecular weight excluding hydrogens is 172 g/mol. The van der Waals surface area contributed by atoms with Crippen LogP contribution in [0.3, 0.4) is 0 Å². The topological polar surface area (TPSA) is 9.23 Å². The van der Waals surface area contributed by atoms with E-state index in [-0.39, 0.29) is 0 Å². The Kier molecular flexibility index (Phi) is 1.93. The molecule has 2 saturated carbocycles. The van der Waals surface area contributed by atoms with Gasteiger partial charge in [0.25, 0.3) is 0 Å². The van der Waals surface area contributed by atoms with Crippen LogP contribution in [0.15, 0.2) is 24.0 Å². The minimum absolute atomic E-state index is 0.518. The van der Waals surface area contributed by atoms with E-state index in [0.717, 1.165) is 17.8 Å². The summed E-state index contributed by atoms with van der Waals surface area (Å²) >= 11 is 0. The molecule has 76 valence electrons. The highest BCUT2D eigenvalue weighted by Gasteiger charge is 2.41. The molecule has 0 aromatic heterocycles. The van der Waals surface area contributed by atoms with Crippen molar-refractivity contribution >= 4 is 0 Å². The number of rotatable bonds is 2. The molecule has 0 saturated heterocycles. The third-order valence-corrected chi connectivity index (χ3v) is 3.77.